The van der Waals surface area contributed by atoms with Crippen molar-refractivity contribution in [3.63, 3.8) is 0 Å². The van der Waals surface area contributed by atoms with E-state index in [2.05, 4.69) is 35.4 Å². The number of aromatic nitrogens is 1. The molecule has 1 aliphatic heterocycles. The first-order valence-electron chi connectivity index (χ1n) is 9.19. The third-order valence-corrected chi connectivity index (χ3v) is 5.36. The van der Waals surface area contributed by atoms with Crippen LogP contribution in [-0.4, -0.2) is 36.0 Å². The Morgan fingerprint density at radius 1 is 1.12 bits per heavy atom. The van der Waals surface area contributed by atoms with Gasteiger partial charge in [-0.1, -0.05) is 30.3 Å². The van der Waals surface area contributed by atoms with Gasteiger partial charge in [0.05, 0.1) is 6.61 Å². The minimum absolute atomic E-state index is 0.131. The summed E-state index contributed by atoms with van der Waals surface area (Å²) < 4.78 is 5.12. The Bertz CT molecular complexity index is 890. The van der Waals surface area contributed by atoms with Crippen LogP contribution in [0.3, 0.4) is 0 Å². The van der Waals surface area contributed by atoms with Crippen LogP contribution in [0.25, 0.3) is 10.9 Å². The van der Waals surface area contributed by atoms with E-state index in [0.717, 1.165) is 37.1 Å². The highest BCUT2D eigenvalue weighted by atomic mass is 16.5. The molecule has 0 aliphatic carbocycles. The molecule has 134 valence electrons. The summed E-state index contributed by atoms with van der Waals surface area (Å²) in [4.78, 5) is 18.1. The third kappa shape index (κ3) is 3.25. The largest absolute Gasteiger partial charge is 0.380 e. The lowest BCUT2D eigenvalue weighted by molar-refractivity contribution is 0.0713. The Morgan fingerprint density at radius 2 is 1.85 bits per heavy atom. The lowest BCUT2D eigenvalue weighted by Crippen LogP contribution is -2.37. The van der Waals surface area contributed by atoms with Gasteiger partial charge >= 0.3 is 0 Å². The summed E-state index contributed by atoms with van der Waals surface area (Å²) in [6, 6.07) is 16.2. The molecule has 0 spiro atoms. The van der Waals surface area contributed by atoms with Gasteiger partial charge in [-0.2, -0.15) is 0 Å². The molecule has 1 N–H and O–H groups in total. The SMILES string of the molecule is COCc1ccc(C(=O)N2CCC(c3c[nH]c4ccccc34)CC2)cc1. The standard InChI is InChI=1S/C22H24N2O2/c1-26-15-16-6-8-18(9-7-16)22(25)24-12-10-17(11-13-24)20-14-23-21-5-3-2-4-19(20)21/h2-9,14,17,23H,10-13,15H2,1H3. The van der Waals surface area contributed by atoms with Gasteiger partial charge in [0, 0.05) is 42.9 Å². The first-order valence-corrected chi connectivity index (χ1v) is 9.19. The number of fused-ring (bicyclic) bond motifs is 1. The van der Waals surface area contributed by atoms with Gasteiger partial charge < -0.3 is 14.6 Å². The highest BCUT2D eigenvalue weighted by molar-refractivity contribution is 5.94. The first-order chi connectivity index (χ1) is 12.8. The van der Waals surface area contributed by atoms with Crippen molar-refractivity contribution in [3.05, 3.63) is 71.4 Å². The number of ether oxygens (including phenoxy) is 1. The minimum atomic E-state index is 0.131. The number of methoxy groups -OCH3 is 1. The molecule has 1 saturated heterocycles. The fourth-order valence-corrected chi connectivity index (χ4v) is 3.92. The lowest BCUT2D eigenvalue weighted by Gasteiger charge is -2.32. The molecule has 1 fully saturated rings. The van der Waals surface area contributed by atoms with E-state index in [0.29, 0.717) is 12.5 Å². The summed E-state index contributed by atoms with van der Waals surface area (Å²) in [5.74, 6) is 0.644. The number of hydrogen-bond donors (Lipinski definition) is 1. The van der Waals surface area contributed by atoms with Gasteiger partial charge in [-0.25, -0.2) is 0 Å². The van der Waals surface area contributed by atoms with Crippen molar-refractivity contribution in [1.29, 1.82) is 0 Å². The number of likely N-dealkylation sites (tertiary alicyclic amines) is 1. The Morgan fingerprint density at radius 3 is 2.58 bits per heavy atom. The van der Waals surface area contributed by atoms with E-state index >= 15 is 0 Å². The first kappa shape index (κ1) is 16.9. The van der Waals surface area contributed by atoms with Crippen molar-refractivity contribution in [2.24, 2.45) is 0 Å². The molecule has 0 bridgehead atoms. The number of nitrogens with zero attached hydrogens (tertiary/aromatic N) is 1. The number of piperidine rings is 1. The maximum atomic E-state index is 12.8. The molecular weight excluding hydrogens is 324 g/mol. The number of benzene rings is 2. The van der Waals surface area contributed by atoms with E-state index in [9.17, 15) is 4.79 Å². The topological polar surface area (TPSA) is 45.3 Å². The Labute approximate surface area is 153 Å². The average molecular weight is 348 g/mol. The fraction of sp³-hybridized carbons (Fsp3) is 0.318. The molecule has 4 rings (SSSR count). The number of rotatable bonds is 4. The smallest absolute Gasteiger partial charge is 0.253 e. The second-order valence-corrected chi connectivity index (χ2v) is 6.99. The van der Waals surface area contributed by atoms with Crippen molar-refractivity contribution in [1.82, 2.24) is 9.88 Å². The summed E-state index contributed by atoms with van der Waals surface area (Å²) in [6.45, 7) is 2.19. The molecule has 0 saturated carbocycles. The van der Waals surface area contributed by atoms with Crippen LogP contribution < -0.4 is 0 Å². The second-order valence-electron chi connectivity index (χ2n) is 6.99. The van der Waals surface area contributed by atoms with Crippen LogP contribution in [0.15, 0.2) is 54.7 Å². The van der Waals surface area contributed by atoms with Crippen molar-refractivity contribution in [3.8, 4) is 0 Å². The summed E-state index contributed by atoms with van der Waals surface area (Å²) in [7, 11) is 1.68. The quantitative estimate of drug-likeness (QED) is 0.762. The van der Waals surface area contributed by atoms with Gasteiger partial charge in [-0.15, -0.1) is 0 Å². The van der Waals surface area contributed by atoms with Crippen LogP contribution >= 0.6 is 0 Å². The molecule has 1 aromatic heterocycles. The number of H-pyrrole nitrogens is 1. The molecule has 0 atom stereocenters. The number of carbonyl (C=O) groups is 1. The zero-order chi connectivity index (χ0) is 17.9. The fourth-order valence-electron chi connectivity index (χ4n) is 3.92. The molecule has 1 aliphatic rings. The monoisotopic (exact) mass is 348 g/mol. The van der Waals surface area contributed by atoms with Crippen LogP contribution in [0.1, 0.15) is 40.2 Å². The second kappa shape index (κ2) is 7.34. The highest BCUT2D eigenvalue weighted by Crippen LogP contribution is 2.33. The molecule has 2 heterocycles. The van der Waals surface area contributed by atoms with Crippen molar-refractivity contribution in [2.45, 2.75) is 25.4 Å². The summed E-state index contributed by atoms with van der Waals surface area (Å²) >= 11 is 0. The zero-order valence-corrected chi connectivity index (χ0v) is 15.1. The van der Waals surface area contributed by atoms with Gasteiger partial charge in [-0.05, 0) is 48.1 Å². The Hall–Kier alpha value is -2.59. The third-order valence-electron chi connectivity index (χ3n) is 5.36. The number of hydrogen-bond acceptors (Lipinski definition) is 2. The minimum Gasteiger partial charge on any atom is -0.380 e. The van der Waals surface area contributed by atoms with Gasteiger partial charge in [-0.3, -0.25) is 4.79 Å². The van der Waals surface area contributed by atoms with E-state index in [1.165, 1.54) is 16.5 Å². The maximum Gasteiger partial charge on any atom is 0.253 e. The number of para-hydroxylation sites is 1. The van der Waals surface area contributed by atoms with Crippen LogP contribution in [0, 0.1) is 0 Å². The van der Waals surface area contributed by atoms with E-state index in [4.69, 9.17) is 4.74 Å². The number of nitrogens with one attached hydrogen (secondary N) is 1. The predicted molar refractivity (Wildman–Crippen MR) is 103 cm³/mol. The zero-order valence-electron chi connectivity index (χ0n) is 15.1. The van der Waals surface area contributed by atoms with E-state index in [1.807, 2.05) is 29.2 Å². The van der Waals surface area contributed by atoms with Crippen LogP contribution in [0.4, 0.5) is 0 Å². The number of amides is 1. The molecule has 4 nitrogen and oxygen atoms in total. The molecule has 4 heteroatoms. The molecular formula is C22H24N2O2. The summed E-state index contributed by atoms with van der Waals surface area (Å²) in [5, 5.41) is 1.31. The normalized spacial score (nSPS) is 15.5. The van der Waals surface area contributed by atoms with E-state index in [1.54, 1.807) is 7.11 Å². The van der Waals surface area contributed by atoms with Crippen molar-refractivity contribution < 1.29 is 9.53 Å². The molecule has 0 radical (unpaired) electrons. The van der Waals surface area contributed by atoms with Crippen molar-refractivity contribution >= 4 is 16.8 Å². The van der Waals surface area contributed by atoms with Crippen molar-refractivity contribution in [2.75, 3.05) is 20.2 Å². The van der Waals surface area contributed by atoms with E-state index < -0.39 is 0 Å². The summed E-state index contributed by atoms with van der Waals surface area (Å²) in [5.41, 5.74) is 4.42. The summed E-state index contributed by atoms with van der Waals surface area (Å²) in [6.07, 6.45) is 4.16. The Kier molecular flexibility index (Phi) is 4.76. The average Bonchev–Trinajstić information content (AvgIpc) is 3.13. The maximum absolute atomic E-state index is 12.8. The van der Waals surface area contributed by atoms with Gasteiger partial charge in [0.1, 0.15) is 0 Å². The van der Waals surface area contributed by atoms with Gasteiger partial charge in [0.15, 0.2) is 0 Å². The molecule has 2 aromatic carbocycles. The van der Waals surface area contributed by atoms with Gasteiger partial charge in [0.25, 0.3) is 5.91 Å². The van der Waals surface area contributed by atoms with Crippen LogP contribution in [-0.2, 0) is 11.3 Å². The number of aromatic amines is 1. The van der Waals surface area contributed by atoms with Crippen LogP contribution in [0.2, 0.25) is 0 Å². The molecule has 3 aromatic rings. The van der Waals surface area contributed by atoms with Crippen LogP contribution in [0.5, 0.6) is 0 Å². The van der Waals surface area contributed by atoms with Gasteiger partial charge in [0.2, 0.25) is 0 Å². The molecule has 1 amide bonds. The number of carbonyl (C=O) groups excluding carboxylic acids is 1. The Balaban J connectivity index is 1.42. The van der Waals surface area contributed by atoms with E-state index in [-0.39, 0.29) is 5.91 Å². The molecule has 26 heavy (non-hydrogen) atoms. The molecule has 0 unspecified atom stereocenters. The highest BCUT2D eigenvalue weighted by Gasteiger charge is 2.26. The predicted octanol–water partition coefficient (Wildman–Crippen LogP) is 4.33. The lowest BCUT2D eigenvalue weighted by atomic mass is 9.89.